The fourth-order valence-corrected chi connectivity index (χ4v) is 6.00. The van der Waals surface area contributed by atoms with Crippen LogP contribution < -0.4 is 15.9 Å². The maximum absolute atomic E-state index is 14.7. The fraction of sp³-hybridized carbons (Fsp3) is 0.0526. The summed E-state index contributed by atoms with van der Waals surface area (Å²) in [5.74, 6) is -6.23. The van der Waals surface area contributed by atoms with E-state index in [9.17, 15) is 17.6 Å². The second kappa shape index (κ2) is 7.59. The van der Waals surface area contributed by atoms with Crippen LogP contribution in [0.1, 0.15) is 0 Å². The zero-order chi connectivity index (χ0) is 18.0. The molecule has 0 aliphatic carbocycles. The predicted molar refractivity (Wildman–Crippen MR) is 96.8 cm³/mol. The number of benzene rings is 3. The first-order chi connectivity index (χ1) is 12.1. The molecule has 3 rings (SSSR count). The van der Waals surface area contributed by atoms with E-state index in [2.05, 4.69) is 0 Å². The Bertz CT molecular complexity index is 846. The second-order valence-corrected chi connectivity index (χ2v) is 8.11. The van der Waals surface area contributed by atoms with Crippen molar-refractivity contribution in [3.05, 3.63) is 83.9 Å². The minimum absolute atomic E-state index is 0.128. The van der Waals surface area contributed by atoms with Gasteiger partial charge in [-0.2, -0.15) is 0 Å². The third kappa shape index (κ3) is 3.31. The highest BCUT2D eigenvalue weighted by Gasteiger charge is 2.31. The van der Waals surface area contributed by atoms with Crippen LogP contribution >= 0.6 is 19.7 Å². The Hall–Kier alpha value is -1.84. The van der Waals surface area contributed by atoms with E-state index in [1.54, 1.807) is 60.7 Å². The number of hydrogen-bond acceptors (Lipinski definition) is 1. The van der Waals surface area contributed by atoms with E-state index in [1.807, 2.05) is 0 Å². The first-order valence-corrected chi connectivity index (χ1v) is 9.93. The van der Waals surface area contributed by atoms with Gasteiger partial charge in [-0.1, -0.05) is 60.7 Å². The van der Waals surface area contributed by atoms with Crippen molar-refractivity contribution in [3.8, 4) is 0 Å². The topological polar surface area (TPSA) is 0 Å². The quantitative estimate of drug-likeness (QED) is 0.207. The summed E-state index contributed by atoms with van der Waals surface area (Å²) >= 11 is 0.871. The lowest BCUT2D eigenvalue weighted by atomic mass is 10.3. The Labute approximate surface area is 148 Å². The molecule has 0 bridgehead atoms. The second-order valence-electron chi connectivity index (χ2n) is 5.14. The molecule has 0 N–H and O–H groups in total. The smallest absolute Gasteiger partial charge is 0.198 e. The molecule has 0 aliphatic rings. The van der Waals surface area contributed by atoms with E-state index in [0.29, 0.717) is 0 Å². The minimum Gasteiger partial charge on any atom is -0.203 e. The monoisotopic (exact) mass is 380 g/mol. The molecule has 3 aromatic carbocycles. The summed E-state index contributed by atoms with van der Waals surface area (Å²) in [4.78, 5) is -0.199. The summed E-state index contributed by atoms with van der Waals surface area (Å²) in [6.45, 7) is 0. The van der Waals surface area contributed by atoms with Gasteiger partial charge < -0.3 is 0 Å². The maximum Gasteiger partial charge on any atom is 0.198 e. The van der Waals surface area contributed by atoms with Crippen molar-refractivity contribution >= 4 is 35.6 Å². The van der Waals surface area contributed by atoms with Crippen molar-refractivity contribution in [1.29, 1.82) is 0 Å². The molecule has 0 saturated heterocycles. The van der Waals surface area contributed by atoms with Crippen LogP contribution in [0.15, 0.2) is 65.6 Å². The molecule has 0 unspecified atom stereocenters. The third-order valence-electron chi connectivity index (χ3n) is 3.66. The molecular formula is C19H13F4PS. The summed E-state index contributed by atoms with van der Waals surface area (Å²) in [7, 11) is -1.58. The van der Waals surface area contributed by atoms with E-state index in [1.165, 1.54) is 6.26 Å². The van der Waals surface area contributed by atoms with Gasteiger partial charge in [-0.15, -0.1) is 11.8 Å². The molecule has 0 aromatic heterocycles. The summed E-state index contributed by atoms with van der Waals surface area (Å²) in [6, 6.07) is 17.8. The molecule has 6 heteroatoms. The lowest BCUT2D eigenvalue weighted by Gasteiger charge is -2.23. The Balaban J connectivity index is 2.36. The molecule has 3 aromatic rings. The van der Waals surface area contributed by atoms with Crippen molar-refractivity contribution in [3.63, 3.8) is 0 Å². The maximum atomic E-state index is 14.7. The van der Waals surface area contributed by atoms with Gasteiger partial charge in [0.15, 0.2) is 23.3 Å². The van der Waals surface area contributed by atoms with Gasteiger partial charge in [0.25, 0.3) is 0 Å². The van der Waals surface area contributed by atoms with Crippen molar-refractivity contribution in [2.75, 3.05) is 6.26 Å². The molecule has 25 heavy (non-hydrogen) atoms. The number of rotatable bonds is 4. The lowest BCUT2D eigenvalue weighted by Crippen LogP contribution is -2.27. The number of thioether (sulfide) groups is 1. The van der Waals surface area contributed by atoms with E-state index in [4.69, 9.17) is 0 Å². The molecule has 0 fully saturated rings. The van der Waals surface area contributed by atoms with E-state index < -0.39 is 31.2 Å². The summed E-state index contributed by atoms with van der Waals surface area (Å²) in [5, 5.41) is 1.32. The van der Waals surface area contributed by atoms with E-state index >= 15 is 0 Å². The van der Waals surface area contributed by atoms with Crippen molar-refractivity contribution in [1.82, 2.24) is 0 Å². The van der Waals surface area contributed by atoms with Crippen LogP contribution in [-0.4, -0.2) is 6.26 Å². The van der Waals surface area contributed by atoms with Gasteiger partial charge in [-0.3, -0.25) is 0 Å². The van der Waals surface area contributed by atoms with E-state index in [0.717, 1.165) is 22.4 Å². The Morgan fingerprint density at radius 2 is 1.08 bits per heavy atom. The number of hydrogen-bond donors (Lipinski definition) is 0. The lowest BCUT2D eigenvalue weighted by molar-refractivity contribution is 0.403. The Morgan fingerprint density at radius 1 is 0.640 bits per heavy atom. The molecule has 0 heterocycles. The SMILES string of the molecule is CSc1c(F)c(F)c(F)c(F)c1P(c1ccccc1)c1ccccc1. The van der Waals surface area contributed by atoms with E-state index in [-0.39, 0.29) is 10.2 Å². The zero-order valence-electron chi connectivity index (χ0n) is 13.1. The Kier molecular flexibility index (Phi) is 5.45. The number of halogens is 4. The normalized spacial score (nSPS) is 11.1. The molecule has 0 atom stereocenters. The summed E-state index contributed by atoms with van der Waals surface area (Å²) < 4.78 is 56.7. The Morgan fingerprint density at radius 3 is 1.52 bits per heavy atom. The van der Waals surface area contributed by atoms with Crippen LogP contribution in [0.4, 0.5) is 17.6 Å². The molecule has 0 spiro atoms. The molecule has 128 valence electrons. The highest BCUT2D eigenvalue weighted by atomic mass is 32.2. The third-order valence-corrected chi connectivity index (χ3v) is 7.10. The van der Waals surface area contributed by atoms with Crippen molar-refractivity contribution in [2.45, 2.75) is 4.90 Å². The van der Waals surface area contributed by atoms with Gasteiger partial charge >= 0.3 is 0 Å². The molecule has 0 radical (unpaired) electrons. The summed E-state index contributed by atoms with van der Waals surface area (Å²) in [5.41, 5.74) is 0. The molecular weight excluding hydrogens is 367 g/mol. The van der Waals surface area contributed by atoms with Gasteiger partial charge in [0, 0.05) is 5.30 Å². The average molecular weight is 380 g/mol. The zero-order valence-corrected chi connectivity index (χ0v) is 14.9. The van der Waals surface area contributed by atoms with Crippen LogP contribution in [0.5, 0.6) is 0 Å². The van der Waals surface area contributed by atoms with Gasteiger partial charge in [0.1, 0.15) is 0 Å². The van der Waals surface area contributed by atoms with Crippen LogP contribution in [-0.2, 0) is 0 Å². The van der Waals surface area contributed by atoms with Crippen molar-refractivity contribution in [2.24, 2.45) is 0 Å². The molecule has 0 aliphatic heterocycles. The first-order valence-electron chi connectivity index (χ1n) is 7.36. The van der Waals surface area contributed by atoms with Gasteiger partial charge in [-0.05, 0) is 24.8 Å². The molecule has 0 nitrogen and oxygen atoms in total. The summed E-state index contributed by atoms with van der Waals surface area (Å²) in [6.07, 6.45) is 1.52. The van der Waals surface area contributed by atoms with Crippen LogP contribution in [0.2, 0.25) is 0 Å². The fourth-order valence-electron chi connectivity index (χ4n) is 2.55. The average Bonchev–Trinajstić information content (AvgIpc) is 2.66. The van der Waals surface area contributed by atoms with Crippen LogP contribution in [0.25, 0.3) is 0 Å². The predicted octanol–water partition coefficient (Wildman–Crippen LogP) is 4.72. The van der Waals surface area contributed by atoms with Crippen molar-refractivity contribution < 1.29 is 17.6 Å². The van der Waals surface area contributed by atoms with Gasteiger partial charge in [0.2, 0.25) is 0 Å². The molecule has 0 saturated carbocycles. The largest absolute Gasteiger partial charge is 0.203 e. The van der Waals surface area contributed by atoms with Crippen LogP contribution in [0.3, 0.4) is 0 Å². The van der Waals surface area contributed by atoms with Gasteiger partial charge in [-0.25, -0.2) is 17.6 Å². The highest BCUT2D eigenvalue weighted by molar-refractivity contribution is 7.99. The standard InChI is InChI=1S/C19H13F4PS/c1-25-19-17(23)15(21)14(20)16(22)18(19)24(12-8-4-2-5-9-12)13-10-6-3-7-11-13/h2-11H,1H3. The first kappa shape index (κ1) is 18.0. The minimum atomic E-state index is -1.78. The molecule has 0 amide bonds. The highest BCUT2D eigenvalue weighted by Crippen LogP contribution is 2.39. The van der Waals surface area contributed by atoms with Gasteiger partial charge in [0.05, 0.1) is 4.90 Å². The van der Waals surface area contributed by atoms with Crippen LogP contribution in [0, 0.1) is 23.3 Å².